The highest BCUT2D eigenvalue weighted by Crippen LogP contribution is 2.31. The molecule has 3 rings (SSSR count). The number of methoxy groups -OCH3 is 1. The summed E-state index contributed by atoms with van der Waals surface area (Å²) in [5, 5.41) is 18.3. The predicted octanol–water partition coefficient (Wildman–Crippen LogP) is 3.64. The summed E-state index contributed by atoms with van der Waals surface area (Å²) in [4.78, 5) is 16.3. The van der Waals surface area contributed by atoms with Gasteiger partial charge in [0.1, 0.15) is 11.4 Å². The molecule has 0 bridgehead atoms. The summed E-state index contributed by atoms with van der Waals surface area (Å²) in [6, 6.07) is 10.2. The Morgan fingerprint density at radius 1 is 1.24 bits per heavy atom. The Bertz CT molecular complexity index is 949. The molecule has 0 saturated heterocycles. The van der Waals surface area contributed by atoms with Gasteiger partial charge in [-0.15, -0.1) is 10.2 Å². The lowest BCUT2D eigenvalue weighted by Gasteiger charge is -2.02. The Kier molecular flexibility index (Phi) is 4.60. The van der Waals surface area contributed by atoms with E-state index in [1.54, 1.807) is 37.4 Å². The van der Waals surface area contributed by atoms with Crippen molar-refractivity contribution in [2.75, 3.05) is 13.7 Å². The smallest absolute Gasteiger partial charge is 0.360 e. The van der Waals surface area contributed by atoms with Gasteiger partial charge in [0.25, 0.3) is 0 Å². The molecule has 0 fully saturated rings. The highest BCUT2D eigenvalue weighted by molar-refractivity contribution is 5.93. The number of para-hydroxylation sites is 1. The Labute approximate surface area is 143 Å². The van der Waals surface area contributed by atoms with E-state index in [1.807, 2.05) is 6.07 Å². The molecule has 0 unspecified atom stereocenters. The monoisotopic (exact) mass is 340 g/mol. The van der Waals surface area contributed by atoms with E-state index in [0.717, 1.165) is 0 Å². The number of fused-ring (bicyclic) bond motifs is 1. The number of esters is 1. The zero-order valence-corrected chi connectivity index (χ0v) is 13.7. The van der Waals surface area contributed by atoms with Crippen LogP contribution in [0, 0.1) is 0 Å². The van der Waals surface area contributed by atoms with E-state index in [1.165, 1.54) is 17.6 Å². The summed E-state index contributed by atoms with van der Waals surface area (Å²) in [6.07, 6.45) is 1.63. The van der Waals surface area contributed by atoms with Crippen LogP contribution in [-0.4, -0.2) is 34.2 Å². The minimum Gasteiger partial charge on any atom is -0.504 e. The van der Waals surface area contributed by atoms with Crippen LogP contribution >= 0.6 is 0 Å². The molecular weight excluding hydrogens is 324 g/mol. The molecule has 1 N–H and O–H groups in total. The zero-order valence-electron chi connectivity index (χ0n) is 13.7. The first kappa shape index (κ1) is 16.4. The van der Waals surface area contributed by atoms with Crippen LogP contribution in [0.5, 0.6) is 11.5 Å². The fourth-order valence-corrected chi connectivity index (χ4v) is 2.29. The molecule has 8 nitrogen and oxygen atoms in total. The van der Waals surface area contributed by atoms with Crippen LogP contribution in [0.1, 0.15) is 17.4 Å². The highest BCUT2D eigenvalue weighted by atomic mass is 16.5. The molecule has 3 aromatic rings. The summed E-state index contributed by atoms with van der Waals surface area (Å²) in [6.45, 7) is 1.89. The number of imidazole rings is 1. The fourth-order valence-electron chi connectivity index (χ4n) is 2.29. The molecule has 0 saturated carbocycles. The molecule has 1 aromatic carbocycles. The minimum absolute atomic E-state index is 0.0259. The molecule has 2 aromatic heterocycles. The first-order chi connectivity index (χ1) is 12.2. The molecule has 0 atom stereocenters. The number of nitrogens with zero attached hydrogens (tertiary/aromatic N) is 4. The van der Waals surface area contributed by atoms with Crippen LogP contribution in [0.4, 0.5) is 11.5 Å². The van der Waals surface area contributed by atoms with Gasteiger partial charge < -0.3 is 14.6 Å². The number of aromatic hydroxyl groups is 1. The number of carbonyl (C=O) groups excluding carboxylic acids is 1. The molecule has 0 spiro atoms. The molecule has 8 heteroatoms. The molecule has 0 amide bonds. The third-order valence-corrected chi connectivity index (χ3v) is 3.41. The van der Waals surface area contributed by atoms with Crippen molar-refractivity contribution in [1.82, 2.24) is 9.38 Å². The third kappa shape index (κ3) is 3.14. The van der Waals surface area contributed by atoms with Crippen molar-refractivity contribution in [2.24, 2.45) is 10.2 Å². The summed E-state index contributed by atoms with van der Waals surface area (Å²) < 4.78 is 11.7. The topological polar surface area (TPSA) is 97.8 Å². The van der Waals surface area contributed by atoms with E-state index in [9.17, 15) is 9.90 Å². The van der Waals surface area contributed by atoms with Gasteiger partial charge in [-0.25, -0.2) is 9.78 Å². The second-order valence-electron chi connectivity index (χ2n) is 4.96. The molecule has 2 heterocycles. The maximum atomic E-state index is 12.2. The van der Waals surface area contributed by atoms with Crippen molar-refractivity contribution in [1.29, 1.82) is 0 Å². The van der Waals surface area contributed by atoms with Gasteiger partial charge >= 0.3 is 5.97 Å². The van der Waals surface area contributed by atoms with Crippen LogP contribution in [0.25, 0.3) is 5.65 Å². The van der Waals surface area contributed by atoms with Crippen molar-refractivity contribution in [2.45, 2.75) is 6.92 Å². The molecule has 0 aliphatic carbocycles. The number of ether oxygens (including phenoxy) is 2. The lowest BCUT2D eigenvalue weighted by molar-refractivity contribution is 0.0521. The second-order valence-corrected chi connectivity index (χ2v) is 4.96. The molecule has 128 valence electrons. The average molecular weight is 340 g/mol. The van der Waals surface area contributed by atoms with Crippen LogP contribution in [-0.2, 0) is 4.74 Å². The highest BCUT2D eigenvalue weighted by Gasteiger charge is 2.21. The quantitative estimate of drug-likeness (QED) is 0.565. The Hall–Kier alpha value is -3.42. The Morgan fingerprint density at radius 3 is 2.80 bits per heavy atom. The first-order valence-electron chi connectivity index (χ1n) is 7.57. The average Bonchev–Trinajstić information content (AvgIpc) is 3.00. The Balaban J connectivity index is 2.13. The summed E-state index contributed by atoms with van der Waals surface area (Å²) >= 11 is 0. The van der Waals surface area contributed by atoms with E-state index in [0.29, 0.717) is 11.4 Å². The number of benzene rings is 1. The van der Waals surface area contributed by atoms with E-state index in [2.05, 4.69) is 15.2 Å². The van der Waals surface area contributed by atoms with Crippen LogP contribution in [0.3, 0.4) is 0 Å². The van der Waals surface area contributed by atoms with Crippen molar-refractivity contribution < 1.29 is 19.4 Å². The standard InChI is InChI=1S/C17H16N4O4/c1-3-25-17(23)14-16(21-10-6-8-12(22)15(21)18-14)20-19-11-7-4-5-9-13(11)24-2/h4-10,22H,3H2,1-2H3. The molecular formula is C17H16N4O4. The van der Waals surface area contributed by atoms with E-state index >= 15 is 0 Å². The summed E-state index contributed by atoms with van der Waals surface area (Å²) in [5.74, 6) is -0.0118. The maximum absolute atomic E-state index is 12.2. The zero-order chi connectivity index (χ0) is 17.8. The van der Waals surface area contributed by atoms with Gasteiger partial charge in [-0.3, -0.25) is 4.40 Å². The lowest BCUT2D eigenvalue weighted by atomic mass is 10.3. The lowest BCUT2D eigenvalue weighted by Crippen LogP contribution is -2.05. The number of pyridine rings is 1. The van der Waals surface area contributed by atoms with Crippen molar-refractivity contribution in [3.8, 4) is 11.5 Å². The van der Waals surface area contributed by atoms with Gasteiger partial charge in [0.15, 0.2) is 22.9 Å². The number of rotatable bonds is 5. The Morgan fingerprint density at radius 2 is 2.04 bits per heavy atom. The van der Waals surface area contributed by atoms with Crippen molar-refractivity contribution >= 4 is 23.1 Å². The summed E-state index contributed by atoms with van der Waals surface area (Å²) in [5.41, 5.74) is 0.663. The van der Waals surface area contributed by atoms with Crippen molar-refractivity contribution in [3.05, 3.63) is 48.3 Å². The van der Waals surface area contributed by atoms with Gasteiger partial charge in [-0.2, -0.15) is 0 Å². The number of aromatic nitrogens is 2. The van der Waals surface area contributed by atoms with Gasteiger partial charge in [0.2, 0.25) is 0 Å². The SMILES string of the molecule is CCOC(=O)c1nc2c(O)cccn2c1N=Nc1ccccc1OC. The van der Waals surface area contributed by atoms with Gasteiger partial charge in [0.05, 0.1) is 13.7 Å². The van der Waals surface area contributed by atoms with Crippen molar-refractivity contribution in [3.63, 3.8) is 0 Å². The number of hydrogen-bond acceptors (Lipinski definition) is 7. The largest absolute Gasteiger partial charge is 0.504 e. The normalized spacial score (nSPS) is 11.1. The van der Waals surface area contributed by atoms with Crippen LogP contribution in [0.2, 0.25) is 0 Å². The molecule has 0 aliphatic heterocycles. The maximum Gasteiger partial charge on any atom is 0.360 e. The van der Waals surface area contributed by atoms with Gasteiger partial charge in [-0.1, -0.05) is 12.1 Å². The first-order valence-corrected chi connectivity index (χ1v) is 7.57. The van der Waals surface area contributed by atoms with E-state index < -0.39 is 5.97 Å². The van der Waals surface area contributed by atoms with E-state index in [-0.39, 0.29) is 29.5 Å². The summed E-state index contributed by atoms with van der Waals surface area (Å²) in [7, 11) is 1.53. The van der Waals surface area contributed by atoms with Crippen LogP contribution in [0.15, 0.2) is 52.8 Å². The predicted molar refractivity (Wildman–Crippen MR) is 90.0 cm³/mol. The number of hydrogen-bond donors (Lipinski definition) is 1. The number of azo groups is 1. The third-order valence-electron chi connectivity index (χ3n) is 3.41. The second kappa shape index (κ2) is 7.00. The van der Waals surface area contributed by atoms with Crippen LogP contribution < -0.4 is 4.74 Å². The van der Waals surface area contributed by atoms with E-state index in [4.69, 9.17) is 9.47 Å². The van der Waals surface area contributed by atoms with Gasteiger partial charge in [0, 0.05) is 6.20 Å². The number of carbonyl (C=O) groups is 1. The van der Waals surface area contributed by atoms with Gasteiger partial charge in [-0.05, 0) is 31.2 Å². The molecule has 0 radical (unpaired) electrons. The minimum atomic E-state index is -0.639. The molecule has 0 aliphatic rings. The fraction of sp³-hybridized carbons (Fsp3) is 0.176. The molecule has 25 heavy (non-hydrogen) atoms.